The third-order valence-electron chi connectivity index (χ3n) is 2.31. The molecule has 7 nitrogen and oxygen atoms in total. The van der Waals surface area contributed by atoms with Gasteiger partial charge in [0.1, 0.15) is 0 Å². The fraction of sp³-hybridized carbons (Fsp3) is 0.900. The van der Waals surface area contributed by atoms with E-state index >= 15 is 0 Å². The molecule has 0 fully saturated rings. The maximum atomic E-state index is 10.5. The summed E-state index contributed by atoms with van der Waals surface area (Å²) in [6.07, 6.45) is 1.93. The number of hydrogen-bond acceptors (Lipinski definition) is 6. The van der Waals surface area contributed by atoms with E-state index in [0.29, 0.717) is 25.5 Å². The summed E-state index contributed by atoms with van der Waals surface area (Å²) in [5, 5.41) is 8.67. The second-order valence-electron chi connectivity index (χ2n) is 3.57. The monoisotopic (exact) mass is 315 g/mol. The summed E-state index contributed by atoms with van der Waals surface area (Å²) >= 11 is 0. The lowest BCUT2D eigenvalue weighted by Crippen LogP contribution is -2.27. The summed E-state index contributed by atoms with van der Waals surface area (Å²) in [6, 6.07) is 0. The highest BCUT2D eigenvalue weighted by Gasteiger charge is 2.19. The summed E-state index contributed by atoms with van der Waals surface area (Å²) in [4.78, 5) is 12.6. The van der Waals surface area contributed by atoms with Crippen LogP contribution in [0, 0.1) is 0 Å². The van der Waals surface area contributed by atoms with Crippen molar-refractivity contribution < 1.29 is 28.0 Å². The fourth-order valence-corrected chi connectivity index (χ4v) is 3.40. The van der Waals surface area contributed by atoms with Gasteiger partial charge in [-0.05, 0) is 13.0 Å². The van der Waals surface area contributed by atoms with Gasteiger partial charge in [-0.15, -0.1) is 0 Å². The van der Waals surface area contributed by atoms with Crippen LogP contribution >= 0.6 is 16.8 Å². The lowest BCUT2D eigenvalue weighted by Gasteiger charge is -2.27. The van der Waals surface area contributed by atoms with Crippen LogP contribution in [0.4, 0.5) is 0 Å². The molecular weight excluding hydrogens is 292 g/mol. The van der Waals surface area contributed by atoms with E-state index in [2.05, 4.69) is 4.90 Å². The molecule has 0 aromatic rings. The Bertz CT molecular complexity index is 224. The van der Waals surface area contributed by atoms with Crippen molar-refractivity contribution in [2.24, 2.45) is 0 Å². The van der Waals surface area contributed by atoms with E-state index in [9.17, 15) is 4.79 Å². The van der Waals surface area contributed by atoms with Gasteiger partial charge in [-0.3, -0.25) is 9.69 Å². The minimum Gasteiger partial charge on any atom is -0.481 e. The number of rotatable bonds is 12. The molecule has 0 amide bonds. The van der Waals surface area contributed by atoms with Gasteiger partial charge in [-0.2, -0.15) is 0 Å². The van der Waals surface area contributed by atoms with Crippen molar-refractivity contribution in [2.75, 3.05) is 47.6 Å². The number of carboxylic acids is 1. The van der Waals surface area contributed by atoms with Gasteiger partial charge < -0.3 is 23.2 Å². The van der Waals surface area contributed by atoms with Crippen LogP contribution < -0.4 is 0 Å². The van der Waals surface area contributed by atoms with Crippen LogP contribution in [0.5, 0.6) is 0 Å². The minimum atomic E-state index is -0.990. The van der Waals surface area contributed by atoms with Gasteiger partial charge in [-0.25, -0.2) is 0 Å². The largest absolute Gasteiger partial charge is 0.481 e. The molecule has 0 unspecified atom stereocenters. The quantitative estimate of drug-likeness (QED) is 0.554. The van der Waals surface area contributed by atoms with Crippen LogP contribution in [-0.2, 0) is 22.9 Å². The highest BCUT2D eigenvalue weighted by atomic mass is 31.2. The predicted octanol–water partition coefficient (Wildman–Crippen LogP) is 2.28. The molecule has 0 saturated carbocycles. The van der Waals surface area contributed by atoms with Gasteiger partial charge >= 0.3 is 5.97 Å². The molecule has 0 rings (SSSR count). The second kappa shape index (κ2) is 11.9. The molecule has 0 saturated heterocycles. The summed E-state index contributed by atoms with van der Waals surface area (Å²) in [5.74, 6) is -0.790. The van der Waals surface area contributed by atoms with Gasteiger partial charge in [0.25, 0.3) is 0 Å². The summed E-state index contributed by atoms with van der Waals surface area (Å²) in [7, 11) is 4.41. The van der Waals surface area contributed by atoms with Gasteiger partial charge in [0, 0.05) is 34.9 Å². The van der Waals surface area contributed by atoms with E-state index in [0.717, 1.165) is 0 Å². The average Bonchev–Trinajstić information content (AvgIpc) is 2.40. The molecule has 0 bridgehead atoms. The first kappa shape index (κ1) is 19.1. The number of carboxylic acid groups (broad SMARTS) is 1. The van der Waals surface area contributed by atoms with E-state index in [1.54, 1.807) is 28.4 Å². The van der Waals surface area contributed by atoms with E-state index in [-0.39, 0.29) is 6.42 Å². The maximum Gasteiger partial charge on any atom is 0.303 e. The topological polar surface area (TPSA) is 77.5 Å². The lowest BCUT2D eigenvalue weighted by molar-refractivity contribution is -0.137. The van der Waals surface area contributed by atoms with Crippen LogP contribution in [-0.4, -0.2) is 63.5 Å². The van der Waals surface area contributed by atoms with E-state index in [1.807, 2.05) is 0 Å². The molecule has 114 valence electrons. The molecule has 1 N–H and O–H groups in total. The van der Waals surface area contributed by atoms with Gasteiger partial charge in [0.05, 0.1) is 12.6 Å². The Morgan fingerprint density at radius 3 is 1.74 bits per heavy atom. The number of hydrogen-bond donors (Lipinski definition) is 1. The molecule has 0 aromatic heterocycles. The van der Waals surface area contributed by atoms with Crippen LogP contribution in [0.2, 0.25) is 0 Å². The Morgan fingerprint density at radius 1 is 1.00 bits per heavy atom. The Labute approximate surface area is 117 Å². The van der Waals surface area contributed by atoms with Crippen molar-refractivity contribution in [3.63, 3.8) is 0 Å². The third kappa shape index (κ3) is 9.63. The fourth-order valence-electron chi connectivity index (χ4n) is 1.35. The maximum absolute atomic E-state index is 10.5. The summed E-state index contributed by atoms with van der Waals surface area (Å²) in [5.41, 5.74) is 0. The third-order valence-corrected chi connectivity index (χ3v) is 5.20. The zero-order valence-corrected chi connectivity index (χ0v) is 13.7. The molecule has 19 heavy (non-hydrogen) atoms. The van der Waals surface area contributed by atoms with Gasteiger partial charge in [0.15, 0.2) is 16.8 Å². The molecule has 0 radical (unpaired) electrons. The number of nitrogens with zero attached hydrogens (tertiary/aromatic N) is 1. The SMILES string of the molecule is COP(CN(CCCC(=O)O)CP(OC)OC)OC. The Hall–Kier alpha value is 0.130. The lowest BCUT2D eigenvalue weighted by atomic mass is 10.3. The Balaban J connectivity index is 4.31. The van der Waals surface area contributed by atoms with Crippen LogP contribution in [0.3, 0.4) is 0 Å². The number of carbonyl (C=O) groups is 1. The second-order valence-corrected chi connectivity index (χ2v) is 6.93. The van der Waals surface area contributed by atoms with E-state index in [4.69, 9.17) is 23.2 Å². The number of aliphatic carboxylic acids is 1. The first-order valence-corrected chi connectivity index (χ1v) is 8.45. The molecule has 0 aliphatic rings. The molecule has 0 atom stereocenters. The summed E-state index contributed by atoms with van der Waals surface area (Å²) < 4.78 is 20.9. The first-order chi connectivity index (χ1) is 9.07. The average molecular weight is 315 g/mol. The Kier molecular flexibility index (Phi) is 12.0. The van der Waals surface area contributed by atoms with Crippen LogP contribution in [0.25, 0.3) is 0 Å². The minimum absolute atomic E-state index is 0.145. The van der Waals surface area contributed by atoms with Crippen LogP contribution in [0.15, 0.2) is 0 Å². The normalized spacial score (nSPS) is 11.7. The van der Waals surface area contributed by atoms with Gasteiger partial charge in [0.2, 0.25) is 0 Å². The van der Waals surface area contributed by atoms with Gasteiger partial charge in [-0.1, -0.05) is 0 Å². The highest BCUT2D eigenvalue weighted by molar-refractivity contribution is 7.48. The van der Waals surface area contributed by atoms with Crippen molar-refractivity contribution in [1.82, 2.24) is 4.90 Å². The van der Waals surface area contributed by atoms with Crippen molar-refractivity contribution in [3.05, 3.63) is 0 Å². The van der Waals surface area contributed by atoms with Crippen molar-refractivity contribution in [1.29, 1.82) is 0 Å². The summed E-state index contributed by atoms with van der Waals surface area (Å²) in [6.45, 7) is 0.642. The molecule has 0 heterocycles. The smallest absolute Gasteiger partial charge is 0.303 e. The molecular formula is C10H23NO6P2. The highest BCUT2D eigenvalue weighted by Crippen LogP contribution is 2.41. The van der Waals surface area contributed by atoms with Crippen molar-refractivity contribution in [2.45, 2.75) is 12.8 Å². The zero-order valence-electron chi connectivity index (χ0n) is 11.9. The van der Waals surface area contributed by atoms with Crippen molar-refractivity contribution in [3.8, 4) is 0 Å². The molecule has 9 heteroatoms. The van der Waals surface area contributed by atoms with Crippen molar-refractivity contribution >= 4 is 22.7 Å². The first-order valence-electron chi connectivity index (χ1n) is 5.73. The van der Waals surface area contributed by atoms with E-state index < -0.39 is 22.7 Å². The zero-order chi connectivity index (χ0) is 14.7. The molecule has 0 aliphatic heterocycles. The molecule has 0 aliphatic carbocycles. The standard InChI is InChI=1S/C10H23NO6P2/c1-14-18(15-2)8-11(7-5-6-10(12)13)9-19(16-3)17-4/h5-9H2,1-4H3,(H,12,13). The molecule has 0 spiro atoms. The predicted molar refractivity (Wildman–Crippen MR) is 75.2 cm³/mol. The Morgan fingerprint density at radius 2 is 1.42 bits per heavy atom. The molecule has 0 aromatic carbocycles. The van der Waals surface area contributed by atoms with Crippen LogP contribution in [0.1, 0.15) is 12.8 Å². The van der Waals surface area contributed by atoms with E-state index in [1.165, 1.54) is 0 Å².